The Morgan fingerprint density at radius 2 is 1.57 bits per heavy atom. The number of amides is 2. The number of carbonyl (C=O) groups is 2. The lowest BCUT2D eigenvalue weighted by Gasteiger charge is -2.28. The smallest absolute Gasteiger partial charge is 0.259 e. The number of likely N-dealkylation sites (N-methyl/N-ethyl adjacent to an activating group) is 1. The number of halogens is 1. The number of carbonyl (C=O) groups excluding carboxylic acids is 2. The van der Waals surface area contributed by atoms with Gasteiger partial charge in [0, 0.05) is 35.7 Å². The Morgan fingerprint density at radius 1 is 0.833 bits per heavy atom. The molecule has 154 valence electrons. The SMILES string of the molecule is CN1C(=O)/C(=C2/C(=O)N(CCN3CCCCC3)c3ccc(Br)cc32)c2ccccc21. The fourth-order valence-corrected chi connectivity index (χ4v) is 5.16. The molecule has 2 aromatic carbocycles. The predicted molar refractivity (Wildman–Crippen MR) is 123 cm³/mol. The molecule has 0 spiro atoms. The van der Waals surface area contributed by atoms with Gasteiger partial charge in [-0.2, -0.15) is 0 Å². The Balaban J connectivity index is 1.58. The normalized spacial score (nSPS) is 21.4. The molecule has 0 aromatic heterocycles. The summed E-state index contributed by atoms with van der Waals surface area (Å²) in [5.74, 6) is -0.197. The number of hydrogen-bond acceptors (Lipinski definition) is 3. The number of fused-ring (bicyclic) bond motifs is 2. The van der Waals surface area contributed by atoms with Crippen LogP contribution in [0.2, 0.25) is 0 Å². The number of hydrogen-bond donors (Lipinski definition) is 0. The van der Waals surface area contributed by atoms with E-state index in [0.29, 0.717) is 17.7 Å². The van der Waals surface area contributed by atoms with Gasteiger partial charge < -0.3 is 14.7 Å². The van der Waals surface area contributed by atoms with E-state index < -0.39 is 0 Å². The largest absolute Gasteiger partial charge is 0.311 e. The monoisotopic (exact) mass is 465 g/mol. The zero-order valence-electron chi connectivity index (χ0n) is 17.0. The van der Waals surface area contributed by atoms with Crippen LogP contribution in [0, 0.1) is 0 Å². The molecule has 0 atom stereocenters. The van der Waals surface area contributed by atoms with E-state index in [2.05, 4.69) is 20.8 Å². The molecule has 0 bridgehead atoms. The van der Waals surface area contributed by atoms with Crippen molar-refractivity contribution >= 4 is 50.3 Å². The highest BCUT2D eigenvalue weighted by molar-refractivity contribution is 9.10. The average Bonchev–Trinajstić information content (AvgIpc) is 3.17. The Hall–Kier alpha value is -2.44. The molecule has 2 amide bonds. The molecule has 3 heterocycles. The number of anilines is 2. The first-order chi connectivity index (χ1) is 14.6. The highest BCUT2D eigenvalue weighted by atomic mass is 79.9. The van der Waals surface area contributed by atoms with E-state index in [-0.39, 0.29) is 11.8 Å². The van der Waals surface area contributed by atoms with Crippen molar-refractivity contribution in [3.05, 3.63) is 58.1 Å². The minimum Gasteiger partial charge on any atom is -0.311 e. The third-order valence-electron chi connectivity index (χ3n) is 6.37. The molecule has 6 heteroatoms. The van der Waals surface area contributed by atoms with Gasteiger partial charge in [-0.05, 0) is 50.2 Å². The van der Waals surface area contributed by atoms with Crippen molar-refractivity contribution in [2.24, 2.45) is 0 Å². The van der Waals surface area contributed by atoms with E-state index >= 15 is 0 Å². The van der Waals surface area contributed by atoms with Crippen LogP contribution in [0.1, 0.15) is 30.4 Å². The summed E-state index contributed by atoms with van der Waals surface area (Å²) in [5, 5.41) is 0. The van der Waals surface area contributed by atoms with Crippen molar-refractivity contribution in [3.63, 3.8) is 0 Å². The highest BCUT2D eigenvalue weighted by Crippen LogP contribution is 2.46. The van der Waals surface area contributed by atoms with Crippen molar-refractivity contribution in [2.45, 2.75) is 19.3 Å². The van der Waals surface area contributed by atoms with Crippen molar-refractivity contribution in [2.75, 3.05) is 43.0 Å². The van der Waals surface area contributed by atoms with E-state index in [1.165, 1.54) is 19.3 Å². The maximum Gasteiger partial charge on any atom is 0.259 e. The summed E-state index contributed by atoms with van der Waals surface area (Å²) in [6.07, 6.45) is 3.75. The fraction of sp³-hybridized carbons (Fsp3) is 0.333. The van der Waals surface area contributed by atoms with Gasteiger partial charge in [0.05, 0.1) is 22.5 Å². The van der Waals surface area contributed by atoms with Crippen molar-refractivity contribution in [3.8, 4) is 0 Å². The molecule has 3 aliphatic heterocycles. The van der Waals surface area contributed by atoms with Gasteiger partial charge >= 0.3 is 0 Å². The third kappa shape index (κ3) is 3.10. The summed E-state index contributed by atoms with van der Waals surface area (Å²) in [6.45, 7) is 3.68. The van der Waals surface area contributed by atoms with Gasteiger partial charge in [-0.3, -0.25) is 9.59 Å². The molecule has 5 nitrogen and oxygen atoms in total. The molecular weight excluding hydrogens is 442 g/mol. The van der Waals surface area contributed by atoms with Gasteiger partial charge in [-0.15, -0.1) is 0 Å². The van der Waals surface area contributed by atoms with Gasteiger partial charge in [0.25, 0.3) is 11.8 Å². The molecule has 30 heavy (non-hydrogen) atoms. The minimum absolute atomic E-state index is 0.0754. The van der Waals surface area contributed by atoms with Crippen LogP contribution < -0.4 is 9.80 Å². The van der Waals surface area contributed by atoms with Crippen LogP contribution in [-0.2, 0) is 9.59 Å². The summed E-state index contributed by atoms with van der Waals surface area (Å²) in [4.78, 5) is 32.8. The van der Waals surface area contributed by atoms with Crippen LogP contribution >= 0.6 is 15.9 Å². The van der Waals surface area contributed by atoms with Gasteiger partial charge in [0.2, 0.25) is 0 Å². The lowest BCUT2D eigenvalue weighted by Crippen LogP contribution is -2.39. The van der Waals surface area contributed by atoms with Crippen LogP contribution in [0.5, 0.6) is 0 Å². The topological polar surface area (TPSA) is 43.9 Å². The number of benzene rings is 2. The van der Waals surface area contributed by atoms with E-state index in [9.17, 15) is 9.59 Å². The molecule has 5 rings (SSSR count). The summed E-state index contributed by atoms with van der Waals surface area (Å²) in [5.41, 5.74) is 4.44. The fourth-order valence-electron chi connectivity index (χ4n) is 4.80. The predicted octanol–water partition coefficient (Wildman–Crippen LogP) is 4.17. The summed E-state index contributed by atoms with van der Waals surface area (Å²) < 4.78 is 0.900. The van der Waals surface area contributed by atoms with Crippen LogP contribution in [-0.4, -0.2) is 49.9 Å². The second-order valence-corrected chi connectivity index (χ2v) is 9.07. The molecule has 1 saturated heterocycles. The molecule has 0 radical (unpaired) electrons. The second kappa shape index (κ2) is 7.67. The van der Waals surface area contributed by atoms with Crippen LogP contribution in [0.4, 0.5) is 11.4 Å². The third-order valence-corrected chi connectivity index (χ3v) is 6.86. The lowest BCUT2D eigenvalue weighted by atomic mass is 9.96. The quantitative estimate of drug-likeness (QED) is 0.638. The van der Waals surface area contributed by atoms with Crippen LogP contribution in [0.25, 0.3) is 11.1 Å². The molecular formula is C24H24BrN3O2. The Kier molecular flexibility index (Phi) is 4.99. The summed E-state index contributed by atoms with van der Waals surface area (Å²) in [7, 11) is 1.77. The highest BCUT2D eigenvalue weighted by Gasteiger charge is 2.41. The molecule has 0 saturated carbocycles. The minimum atomic E-state index is -0.122. The Labute approximate surface area is 185 Å². The maximum absolute atomic E-state index is 13.7. The number of likely N-dealkylation sites (tertiary alicyclic amines) is 1. The number of nitrogens with zero attached hydrogens (tertiary/aromatic N) is 3. The number of rotatable bonds is 3. The average molecular weight is 466 g/mol. The van der Waals surface area contributed by atoms with E-state index in [4.69, 9.17) is 0 Å². The lowest BCUT2D eigenvalue weighted by molar-refractivity contribution is -0.114. The molecule has 0 aliphatic carbocycles. The van der Waals surface area contributed by atoms with Gasteiger partial charge in [-0.1, -0.05) is 40.5 Å². The zero-order chi connectivity index (χ0) is 20.8. The standard InChI is InChI=1S/C24H24BrN3O2/c1-26-19-8-4-3-7-17(19)21(23(26)29)22-18-15-16(25)9-10-20(18)28(24(22)30)14-13-27-11-5-2-6-12-27/h3-4,7-10,15H,2,5-6,11-14H2,1H3/b22-21+. The molecule has 2 aromatic rings. The summed E-state index contributed by atoms with van der Waals surface area (Å²) in [6, 6.07) is 13.6. The molecule has 0 unspecified atom stereocenters. The van der Waals surface area contributed by atoms with Gasteiger partial charge in [0.15, 0.2) is 0 Å². The zero-order valence-corrected chi connectivity index (χ0v) is 18.6. The van der Waals surface area contributed by atoms with E-state index in [1.807, 2.05) is 47.4 Å². The van der Waals surface area contributed by atoms with Crippen LogP contribution in [0.15, 0.2) is 46.9 Å². The van der Waals surface area contributed by atoms with Crippen molar-refractivity contribution in [1.82, 2.24) is 4.90 Å². The van der Waals surface area contributed by atoms with Crippen LogP contribution in [0.3, 0.4) is 0 Å². The molecule has 1 fully saturated rings. The van der Waals surface area contributed by atoms with Gasteiger partial charge in [-0.25, -0.2) is 0 Å². The molecule has 3 aliphatic rings. The first-order valence-corrected chi connectivity index (χ1v) is 11.3. The Bertz CT molecular complexity index is 1070. The van der Waals surface area contributed by atoms with Crippen molar-refractivity contribution < 1.29 is 9.59 Å². The van der Waals surface area contributed by atoms with E-state index in [0.717, 1.165) is 46.6 Å². The first-order valence-electron chi connectivity index (χ1n) is 10.5. The second-order valence-electron chi connectivity index (χ2n) is 8.15. The first kappa shape index (κ1) is 19.5. The maximum atomic E-state index is 13.7. The summed E-state index contributed by atoms with van der Waals surface area (Å²) >= 11 is 3.55. The number of para-hydroxylation sites is 1. The number of piperidine rings is 1. The van der Waals surface area contributed by atoms with Crippen molar-refractivity contribution in [1.29, 1.82) is 0 Å². The van der Waals surface area contributed by atoms with E-state index in [1.54, 1.807) is 11.9 Å². The van der Waals surface area contributed by atoms with Gasteiger partial charge in [0.1, 0.15) is 0 Å². The molecule has 0 N–H and O–H groups in total. The Morgan fingerprint density at radius 3 is 2.37 bits per heavy atom.